The Morgan fingerprint density at radius 3 is 1.96 bits per heavy atom. The molecule has 0 aliphatic carbocycles. The van der Waals surface area contributed by atoms with E-state index in [1.54, 1.807) is 12.1 Å². The number of halogens is 2. The molecule has 5 heteroatoms. The fraction of sp³-hybridized carbons (Fsp3) is 0.100. The molecule has 0 bridgehead atoms. The number of fused-ring (bicyclic) bond motifs is 2. The number of hydrogen-bond donors (Lipinski definition) is 2. The third-order valence-electron chi connectivity index (χ3n) is 4.42. The van der Waals surface area contributed by atoms with Crippen molar-refractivity contribution in [1.82, 2.24) is 0 Å². The van der Waals surface area contributed by atoms with Crippen molar-refractivity contribution in [3.8, 4) is 11.5 Å². The van der Waals surface area contributed by atoms with E-state index in [2.05, 4.69) is 0 Å². The summed E-state index contributed by atoms with van der Waals surface area (Å²) in [7, 11) is 0. The second kappa shape index (κ2) is 6.36. The maximum atomic E-state index is 10.0. The average Bonchev–Trinajstić information content (AvgIpc) is 2.59. The second-order valence-electron chi connectivity index (χ2n) is 5.97. The van der Waals surface area contributed by atoms with Gasteiger partial charge in [0, 0.05) is 27.1 Å². The van der Waals surface area contributed by atoms with Crippen LogP contribution in [0.5, 0.6) is 11.5 Å². The SMILES string of the molecule is NC(O)c1ccccc1C1c2ccc(Cl)cc2Oc2cc(Cl)ccc21. The molecule has 0 amide bonds. The van der Waals surface area contributed by atoms with Gasteiger partial charge in [0.05, 0.1) is 0 Å². The van der Waals surface area contributed by atoms with E-state index >= 15 is 0 Å². The third-order valence-corrected chi connectivity index (χ3v) is 4.89. The highest BCUT2D eigenvalue weighted by Crippen LogP contribution is 2.49. The third kappa shape index (κ3) is 2.90. The molecule has 25 heavy (non-hydrogen) atoms. The van der Waals surface area contributed by atoms with Crippen LogP contribution in [0.1, 0.15) is 34.4 Å². The zero-order valence-electron chi connectivity index (χ0n) is 13.1. The number of aliphatic hydroxyl groups excluding tert-OH is 1. The predicted octanol–water partition coefficient (Wildman–Crippen LogP) is 5.23. The van der Waals surface area contributed by atoms with Gasteiger partial charge in [-0.3, -0.25) is 0 Å². The lowest BCUT2D eigenvalue weighted by molar-refractivity contribution is 0.185. The van der Waals surface area contributed by atoms with Crippen LogP contribution < -0.4 is 10.5 Å². The summed E-state index contributed by atoms with van der Waals surface area (Å²) >= 11 is 12.3. The zero-order chi connectivity index (χ0) is 17.6. The zero-order valence-corrected chi connectivity index (χ0v) is 14.6. The van der Waals surface area contributed by atoms with Gasteiger partial charge in [0.1, 0.15) is 17.7 Å². The molecule has 4 rings (SSSR count). The van der Waals surface area contributed by atoms with Gasteiger partial charge in [-0.1, -0.05) is 59.6 Å². The highest BCUT2D eigenvalue weighted by molar-refractivity contribution is 6.31. The van der Waals surface area contributed by atoms with E-state index in [1.807, 2.05) is 48.5 Å². The highest BCUT2D eigenvalue weighted by Gasteiger charge is 2.31. The van der Waals surface area contributed by atoms with Crippen molar-refractivity contribution < 1.29 is 9.84 Å². The summed E-state index contributed by atoms with van der Waals surface area (Å²) in [5, 5.41) is 11.2. The van der Waals surface area contributed by atoms with Crippen molar-refractivity contribution >= 4 is 23.2 Å². The fourth-order valence-corrected chi connectivity index (χ4v) is 3.66. The van der Waals surface area contributed by atoms with Gasteiger partial charge in [0.2, 0.25) is 0 Å². The summed E-state index contributed by atoms with van der Waals surface area (Å²) in [5.74, 6) is 1.21. The Labute approximate surface area is 155 Å². The molecule has 1 atom stereocenters. The largest absolute Gasteiger partial charge is 0.457 e. The molecule has 0 aromatic heterocycles. The van der Waals surface area contributed by atoms with Crippen LogP contribution in [-0.2, 0) is 0 Å². The molecule has 0 radical (unpaired) electrons. The van der Waals surface area contributed by atoms with E-state index in [9.17, 15) is 5.11 Å². The quantitative estimate of drug-likeness (QED) is 0.474. The first kappa shape index (κ1) is 16.4. The topological polar surface area (TPSA) is 55.5 Å². The van der Waals surface area contributed by atoms with Gasteiger partial charge in [-0.25, -0.2) is 0 Å². The maximum absolute atomic E-state index is 10.0. The summed E-state index contributed by atoms with van der Waals surface area (Å²) < 4.78 is 6.03. The highest BCUT2D eigenvalue weighted by atomic mass is 35.5. The van der Waals surface area contributed by atoms with Crippen molar-refractivity contribution in [2.24, 2.45) is 5.73 Å². The minimum absolute atomic E-state index is 0.136. The normalized spacial score (nSPS) is 14.4. The van der Waals surface area contributed by atoms with Gasteiger partial charge in [0.25, 0.3) is 0 Å². The predicted molar refractivity (Wildman–Crippen MR) is 99.5 cm³/mol. The molecule has 0 fully saturated rings. The standard InChI is InChI=1S/C20H15Cl2NO2/c21-11-5-7-15-17(9-11)25-18-10-12(22)6-8-16(18)19(15)13-3-1-2-4-14(13)20(23)24/h1-10,19-20,24H,23H2. The van der Waals surface area contributed by atoms with Crippen LogP contribution in [0, 0.1) is 0 Å². The smallest absolute Gasteiger partial charge is 0.133 e. The first-order valence-corrected chi connectivity index (χ1v) is 8.59. The minimum atomic E-state index is -1.06. The lowest BCUT2D eigenvalue weighted by atomic mass is 9.80. The van der Waals surface area contributed by atoms with Crippen LogP contribution in [-0.4, -0.2) is 5.11 Å². The summed E-state index contributed by atoms with van der Waals surface area (Å²) in [6, 6.07) is 18.7. The lowest BCUT2D eigenvalue weighted by Crippen LogP contribution is -2.17. The first-order chi connectivity index (χ1) is 12.0. The van der Waals surface area contributed by atoms with Crippen LogP contribution in [0.15, 0.2) is 60.7 Å². The van der Waals surface area contributed by atoms with Crippen LogP contribution in [0.2, 0.25) is 10.0 Å². The number of benzene rings is 3. The van der Waals surface area contributed by atoms with E-state index in [1.165, 1.54) is 0 Å². The van der Waals surface area contributed by atoms with Crippen LogP contribution >= 0.6 is 23.2 Å². The van der Waals surface area contributed by atoms with Crippen LogP contribution in [0.3, 0.4) is 0 Å². The summed E-state index contributed by atoms with van der Waals surface area (Å²) in [6.07, 6.45) is -1.06. The van der Waals surface area contributed by atoms with Gasteiger partial charge in [-0.15, -0.1) is 0 Å². The van der Waals surface area contributed by atoms with E-state index in [4.69, 9.17) is 33.7 Å². The Hall–Kier alpha value is -2.04. The molecule has 0 saturated heterocycles. The van der Waals surface area contributed by atoms with E-state index in [0.717, 1.165) is 16.7 Å². The Balaban J connectivity index is 1.99. The summed E-state index contributed by atoms with van der Waals surface area (Å²) in [5.41, 5.74) is 9.32. The van der Waals surface area contributed by atoms with E-state index in [0.29, 0.717) is 27.1 Å². The molecule has 0 saturated carbocycles. The van der Waals surface area contributed by atoms with E-state index < -0.39 is 6.23 Å². The Morgan fingerprint density at radius 2 is 1.40 bits per heavy atom. The van der Waals surface area contributed by atoms with Crippen molar-refractivity contribution in [2.75, 3.05) is 0 Å². The fourth-order valence-electron chi connectivity index (χ4n) is 3.33. The molecule has 3 nitrogen and oxygen atoms in total. The first-order valence-electron chi connectivity index (χ1n) is 7.84. The minimum Gasteiger partial charge on any atom is -0.457 e. The molecule has 1 aliphatic heterocycles. The average molecular weight is 372 g/mol. The van der Waals surface area contributed by atoms with Gasteiger partial charge in [-0.05, 0) is 35.4 Å². The van der Waals surface area contributed by atoms with Crippen LogP contribution in [0.4, 0.5) is 0 Å². The van der Waals surface area contributed by atoms with E-state index in [-0.39, 0.29) is 5.92 Å². The van der Waals surface area contributed by atoms with Crippen molar-refractivity contribution in [3.05, 3.63) is 93.0 Å². The summed E-state index contributed by atoms with van der Waals surface area (Å²) in [4.78, 5) is 0. The second-order valence-corrected chi connectivity index (χ2v) is 6.85. The molecule has 3 N–H and O–H groups in total. The molecule has 126 valence electrons. The van der Waals surface area contributed by atoms with Crippen molar-refractivity contribution in [3.63, 3.8) is 0 Å². The maximum Gasteiger partial charge on any atom is 0.133 e. The Morgan fingerprint density at radius 1 is 0.840 bits per heavy atom. The van der Waals surface area contributed by atoms with Gasteiger partial charge in [-0.2, -0.15) is 0 Å². The van der Waals surface area contributed by atoms with Gasteiger partial charge in [0.15, 0.2) is 0 Å². The number of aliphatic hydroxyl groups is 1. The Bertz CT molecular complexity index is 905. The molecule has 1 heterocycles. The van der Waals surface area contributed by atoms with Crippen molar-refractivity contribution in [1.29, 1.82) is 0 Å². The molecule has 1 aliphatic rings. The van der Waals surface area contributed by atoms with Gasteiger partial charge >= 0.3 is 0 Å². The molecule has 3 aromatic carbocycles. The lowest BCUT2D eigenvalue weighted by Gasteiger charge is -2.30. The van der Waals surface area contributed by atoms with Crippen LogP contribution in [0.25, 0.3) is 0 Å². The Kier molecular flexibility index (Phi) is 4.18. The molecular weight excluding hydrogens is 357 g/mol. The van der Waals surface area contributed by atoms with Crippen molar-refractivity contribution in [2.45, 2.75) is 12.1 Å². The number of nitrogens with two attached hydrogens (primary N) is 1. The monoisotopic (exact) mass is 371 g/mol. The number of ether oxygens (including phenoxy) is 1. The van der Waals surface area contributed by atoms with Gasteiger partial charge < -0.3 is 15.6 Å². The number of hydrogen-bond acceptors (Lipinski definition) is 3. The molecule has 3 aromatic rings. The molecular formula is C20H15Cl2NO2. The molecule has 0 spiro atoms. The number of rotatable bonds is 2. The summed E-state index contributed by atoms with van der Waals surface area (Å²) in [6.45, 7) is 0. The molecule has 1 unspecified atom stereocenters.